The maximum Gasteiger partial charge on any atom is 0.259 e. The molecular weight excluding hydrogens is 264 g/mol. The van der Waals surface area contributed by atoms with Gasteiger partial charge in [0.25, 0.3) is 5.91 Å². The van der Waals surface area contributed by atoms with Crippen LogP contribution in [0.4, 0.5) is 5.69 Å². The number of ether oxygens (including phenoxy) is 1. The van der Waals surface area contributed by atoms with Crippen molar-refractivity contribution >= 4 is 11.6 Å². The Morgan fingerprint density at radius 2 is 2.10 bits per heavy atom. The minimum absolute atomic E-state index is 0.00532. The number of likely N-dealkylation sites (tertiary alicyclic amines) is 1. The monoisotopic (exact) mass is 290 g/mol. The molecule has 1 amide bonds. The summed E-state index contributed by atoms with van der Waals surface area (Å²) in [6.45, 7) is 8.55. The van der Waals surface area contributed by atoms with Crippen molar-refractivity contribution in [3.8, 4) is 5.75 Å². The zero-order chi connectivity index (χ0) is 15.5. The number of carbonyl (C=O) groups is 1. The van der Waals surface area contributed by atoms with Crippen LogP contribution in [-0.2, 0) is 0 Å². The van der Waals surface area contributed by atoms with Crippen molar-refractivity contribution in [3.63, 3.8) is 0 Å². The molecule has 0 aromatic heterocycles. The Morgan fingerprint density at radius 1 is 1.33 bits per heavy atom. The highest BCUT2D eigenvalue weighted by Gasteiger charge is 2.28. The van der Waals surface area contributed by atoms with E-state index >= 15 is 0 Å². The number of nitrogens with zero attached hydrogens (tertiary/aromatic N) is 1. The summed E-state index contributed by atoms with van der Waals surface area (Å²) in [6.07, 6.45) is 3.21. The first-order valence-electron chi connectivity index (χ1n) is 7.75. The van der Waals surface area contributed by atoms with Crippen LogP contribution in [0.2, 0.25) is 0 Å². The van der Waals surface area contributed by atoms with Crippen molar-refractivity contribution in [2.75, 3.05) is 25.4 Å². The molecule has 0 bridgehead atoms. The van der Waals surface area contributed by atoms with Crippen molar-refractivity contribution < 1.29 is 9.53 Å². The van der Waals surface area contributed by atoms with Crippen molar-refractivity contribution in [1.29, 1.82) is 0 Å². The topological polar surface area (TPSA) is 55.6 Å². The van der Waals surface area contributed by atoms with E-state index in [1.807, 2.05) is 24.0 Å². The summed E-state index contributed by atoms with van der Waals surface area (Å²) in [5, 5.41) is 0. The van der Waals surface area contributed by atoms with Gasteiger partial charge in [-0.2, -0.15) is 0 Å². The Hall–Kier alpha value is -1.71. The van der Waals surface area contributed by atoms with Gasteiger partial charge in [0.15, 0.2) is 0 Å². The van der Waals surface area contributed by atoms with Crippen LogP contribution in [-0.4, -0.2) is 30.5 Å². The van der Waals surface area contributed by atoms with Crippen LogP contribution in [0.5, 0.6) is 5.75 Å². The summed E-state index contributed by atoms with van der Waals surface area (Å²) in [6, 6.07) is 5.40. The number of rotatable bonds is 3. The van der Waals surface area contributed by atoms with Gasteiger partial charge >= 0.3 is 0 Å². The third-order valence-electron chi connectivity index (χ3n) is 4.20. The number of benzene rings is 1. The highest BCUT2D eigenvalue weighted by molar-refractivity contribution is 6.01. The fraction of sp³-hybridized carbons (Fsp3) is 0.588. The number of nitrogens with two attached hydrogens (primary N) is 1. The van der Waals surface area contributed by atoms with E-state index in [2.05, 4.69) is 13.8 Å². The number of anilines is 1. The Labute approximate surface area is 127 Å². The molecular formula is C17H26N2O2. The molecule has 116 valence electrons. The van der Waals surface area contributed by atoms with E-state index < -0.39 is 0 Å². The van der Waals surface area contributed by atoms with Gasteiger partial charge in [0.1, 0.15) is 11.3 Å². The van der Waals surface area contributed by atoms with Gasteiger partial charge in [0.2, 0.25) is 0 Å². The standard InChI is InChI=1S/C17H26N2O2/c1-4-21-14-8-5-7-13(18)15(14)16(20)19-11-6-9-17(2,3)10-12-19/h5,7-8H,4,6,9-12,18H2,1-3H3. The van der Waals surface area contributed by atoms with Crippen LogP contribution < -0.4 is 10.5 Å². The molecule has 21 heavy (non-hydrogen) atoms. The molecule has 0 spiro atoms. The van der Waals surface area contributed by atoms with E-state index in [9.17, 15) is 4.79 Å². The molecule has 1 aliphatic rings. The van der Waals surface area contributed by atoms with Crippen molar-refractivity contribution in [2.24, 2.45) is 5.41 Å². The van der Waals surface area contributed by atoms with Crippen LogP contribution in [0, 0.1) is 5.41 Å². The second-order valence-electron chi connectivity index (χ2n) is 6.46. The number of nitrogen functional groups attached to an aromatic ring is 1. The van der Waals surface area contributed by atoms with E-state index in [1.165, 1.54) is 0 Å². The second-order valence-corrected chi connectivity index (χ2v) is 6.46. The molecule has 1 saturated heterocycles. The molecule has 2 N–H and O–H groups in total. The molecule has 0 aliphatic carbocycles. The van der Waals surface area contributed by atoms with Crippen molar-refractivity contribution in [2.45, 2.75) is 40.0 Å². The normalized spacial score (nSPS) is 18.1. The molecule has 0 saturated carbocycles. The number of carbonyl (C=O) groups excluding carboxylic acids is 1. The van der Waals surface area contributed by atoms with Gasteiger partial charge in [-0.25, -0.2) is 0 Å². The van der Waals surface area contributed by atoms with Gasteiger partial charge in [0.05, 0.1) is 6.61 Å². The highest BCUT2D eigenvalue weighted by atomic mass is 16.5. The Kier molecular flexibility index (Phi) is 4.76. The smallest absolute Gasteiger partial charge is 0.259 e. The van der Waals surface area contributed by atoms with Crippen LogP contribution in [0.1, 0.15) is 50.4 Å². The molecule has 0 atom stereocenters. The van der Waals surface area contributed by atoms with Crippen molar-refractivity contribution in [3.05, 3.63) is 23.8 Å². The van der Waals surface area contributed by atoms with Gasteiger partial charge in [0, 0.05) is 18.8 Å². The highest BCUT2D eigenvalue weighted by Crippen LogP contribution is 2.32. The molecule has 0 unspecified atom stereocenters. The van der Waals surface area contributed by atoms with Gasteiger partial charge in [-0.05, 0) is 43.7 Å². The number of hydrogen-bond acceptors (Lipinski definition) is 3. The lowest BCUT2D eigenvalue weighted by Crippen LogP contribution is -2.33. The lowest BCUT2D eigenvalue weighted by Gasteiger charge is -2.24. The Bertz CT molecular complexity index is 512. The first-order valence-corrected chi connectivity index (χ1v) is 7.75. The quantitative estimate of drug-likeness (QED) is 0.869. The summed E-state index contributed by atoms with van der Waals surface area (Å²) in [7, 11) is 0. The lowest BCUT2D eigenvalue weighted by molar-refractivity contribution is 0.0754. The maximum atomic E-state index is 12.8. The molecule has 4 heteroatoms. The molecule has 1 fully saturated rings. The van der Waals surface area contributed by atoms with Gasteiger partial charge in [-0.1, -0.05) is 19.9 Å². The second kappa shape index (κ2) is 6.37. The zero-order valence-electron chi connectivity index (χ0n) is 13.3. The minimum Gasteiger partial charge on any atom is -0.493 e. The van der Waals surface area contributed by atoms with E-state index in [0.29, 0.717) is 29.0 Å². The zero-order valence-corrected chi connectivity index (χ0v) is 13.3. The number of amides is 1. The first kappa shape index (κ1) is 15.7. The van der Waals surface area contributed by atoms with Crippen molar-refractivity contribution in [1.82, 2.24) is 4.90 Å². The van der Waals surface area contributed by atoms with Gasteiger partial charge < -0.3 is 15.4 Å². The van der Waals surface area contributed by atoms with Crippen LogP contribution in [0.25, 0.3) is 0 Å². The minimum atomic E-state index is -0.00532. The largest absolute Gasteiger partial charge is 0.493 e. The molecule has 4 nitrogen and oxygen atoms in total. The molecule has 1 aromatic carbocycles. The summed E-state index contributed by atoms with van der Waals surface area (Å²) in [4.78, 5) is 14.8. The summed E-state index contributed by atoms with van der Waals surface area (Å²) in [5.74, 6) is 0.584. The maximum absolute atomic E-state index is 12.8. The first-order chi connectivity index (χ1) is 9.94. The predicted octanol–water partition coefficient (Wildman–Crippen LogP) is 3.32. The van der Waals surface area contributed by atoms with Gasteiger partial charge in [-0.15, -0.1) is 0 Å². The SMILES string of the molecule is CCOc1cccc(N)c1C(=O)N1CCCC(C)(C)CC1. The van der Waals surface area contributed by atoms with E-state index in [1.54, 1.807) is 6.07 Å². The Balaban J connectivity index is 2.23. The predicted molar refractivity (Wildman–Crippen MR) is 85.6 cm³/mol. The third kappa shape index (κ3) is 3.69. The molecule has 1 aromatic rings. The van der Waals surface area contributed by atoms with Crippen LogP contribution in [0.15, 0.2) is 18.2 Å². The summed E-state index contributed by atoms with van der Waals surface area (Å²) < 4.78 is 5.57. The van der Waals surface area contributed by atoms with Crippen LogP contribution in [0.3, 0.4) is 0 Å². The third-order valence-corrected chi connectivity index (χ3v) is 4.20. The molecule has 2 rings (SSSR count). The average molecular weight is 290 g/mol. The van der Waals surface area contributed by atoms with Gasteiger partial charge in [-0.3, -0.25) is 4.79 Å². The van der Waals surface area contributed by atoms with E-state index in [0.717, 1.165) is 32.4 Å². The number of hydrogen-bond donors (Lipinski definition) is 1. The molecule has 1 aliphatic heterocycles. The molecule has 0 radical (unpaired) electrons. The van der Waals surface area contributed by atoms with E-state index in [4.69, 9.17) is 10.5 Å². The fourth-order valence-corrected chi connectivity index (χ4v) is 2.84. The lowest BCUT2D eigenvalue weighted by atomic mass is 9.85. The molecule has 1 heterocycles. The summed E-state index contributed by atoms with van der Waals surface area (Å²) in [5.41, 5.74) is 7.34. The van der Waals surface area contributed by atoms with Crippen LogP contribution >= 0.6 is 0 Å². The fourth-order valence-electron chi connectivity index (χ4n) is 2.84. The summed E-state index contributed by atoms with van der Waals surface area (Å²) >= 11 is 0. The van der Waals surface area contributed by atoms with E-state index in [-0.39, 0.29) is 5.91 Å². The Morgan fingerprint density at radius 3 is 2.81 bits per heavy atom. The average Bonchev–Trinajstić information content (AvgIpc) is 2.60.